The van der Waals surface area contributed by atoms with Gasteiger partial charge in [-0.05, 0) is 43.2 Å². The number of esters is 1. The van der Waals surface area contributed by atoms with Crippen LogP contribution in [0.3, 0.4) is 0 Å². The predicted octanol–water partition coefficient (Wildman–Crippen LogP) is 2.93. The maximum absolute atomic E-state index is 11.9. The van der Waals surface area contributed by atoms with Crippen LogP contribution in [0.4, 0.5) is 5.82 Å². The van der Waals surface area contributed by atoms with Gasteiger partial charge in [0.1, 0.15) is 11.4 Å². The second-order valence-electron chi connectivity index (χ2n) is 4.99. The molecule has 0 saturated heterocycles. The highest BCUT2D eigenvalue weighted by molar-refractivity contribution is 5.94. The number of methoxy groups -OCH3 is 2. The van der Waals surface area contributed by atoms with Crippen LogP contribution in [-0.2, 0) is 11.2 Å². The maximum atomic E-state index is 11.9. The summed E-state index contributed by atoms with van der Waals surface area (Å²) in [6.45, 7) is 2.73. The smallest absolute Gasteiger partial charge is 0.341 e. The fraction of sp³-hybridized carbons (Fsp3) is 0.333. The molecule has 0 atom stereocenters. The predicted molar refractivity (Wildman–Crippen MR) is 91.9 cm³/mol. The summed E-state index contributed by atoms with van der Waals surface area (Å²) in [5.41, 5.74) is 1.53. The van der Waals surface area contributed by atoms with Gasteiger partial charge in [-0.15, -0.1) is 0 Å². The standard InChI is InChI=1S/C18H22N2O4/c1-4-24-18(21)14-6-5-10-19-17(14)20-11-9-13-7-8-15(22-2)16(12-13)23-3/h5-8,10,12H,4,9,11H2,1-3H3,(H,19,20). The molecule has 0 unspecified atom stereocenters. The highest BCUT2D eigenvalue weighted by Crippen LogP contribution is 2.27. The Balaban J connectivity index is 2.01. The minimum Gasteiger partial charge on any atom is -0.493 e. The summed E-state index contributed by atoms with van der Waals surface area (Å²) < 4.78 is 15.6. The third kappa shape index (κ3) is 4.38. The number of carbonyl (C=O) groups is 1. The van der Waals surface area contributed by atoms with Crippen LogP contribution in [0.2, 0.25) is 0 Å². The van der Waals surface area contributed by atoms with E-state index >= 15 is 0 Å². The van der Waals surface area contributed by atoms with Crippen molar-refractivity contribution in [3.05, 3.63) is 47.7 Å². The van der Waals surface area contributed by atoms with E-state index in [1.165, 1.54) is 0 Å². The van der Waals surface area contributed by atoms with Gasteiger partial charge in [0.15, 0.2) is 11.5 Å². The van der Waals surface area contributed by atoms with Gasteiger partial charge in [-0.3, -0.25) is 0 Å². The zero-order valence-corrected chi connectivity index (χ0v) is 14.2. The number of rotatable bonds is 8. The molecule has 24 heavy (non-hydrogen) atoms. The zero-order valence-electron chi connectivity index (χ0n) is 14.2. The van der Waals surface area contributed by atoms with Crippen LogP contribution in [-0.4, -0.2) is 38.3 Å². The first-order chi connectivity index (χ1) is 11.7. The molecule has 0 saturated carbocycles. The number of hydrogen-bond donors (Lipinski definition) is 1. The first-order valence-electron chi connectivity index (χ1n) is 7.76. The van der Waals surface area contributed by atoms with Crippen molar-refractivity contribution in [1.29, 1.82) is 0 Å². The van der Waals surface area contributed by atoms with Gasteiger partial charge < -0.3 is 19.5 Å². The molecule has 2 rings (SSSR count). The van der Waals surface area contributed by atoms with Crippen LogP contribution in [0.25, 0.3) is 0 Å². The van der Waals surface area contributed by atoms with Crippen LogP contribution in [0, 0.1) is 0 Å². The number of nitrogens with one attached hydrogen (secondary N) is 1. The van der Waals surface area contributed by atoms with Gasteiger partial charge in [-0.25, -0.2) is 9.78 Å². The summed E-state index contributed by atoms with van der Waals surface area (Å²) in [5.74, 6) is 1.54. The molecule has 1 N–H and O–H groups in total. The molecule has 0 spiro atoms. The van der Waals surface area contributed by atoms with Gasteiger partial charge in [-0.2, -0.15) is 0 Å². The van der Waals surface area contributed by atoms with Gasteiger partial charge in [0.2, 0.25) is 0 Å². The Morgan fingerprint density at radius 3 is 2.67 bits per heavy atom. The number of aromatic nitrogens is 1. The number of nitrogens with zero attached hydrogens (tertiary/aromatic N) is 1. The summed E-state index contributed by atoms with van der Waals surface area (Å²) in [5, 5.41) is 3.18. The normalized spacial score (nSPS) is 10.1. The minimum atomic E-state index is -0.376. The second-order valence-corrected chi connectivity index (χ2v) is 4.99. The van der Waals surface area contributed by atoms with Gasteiger partial charge in [0.25, 0.3) is 0 Å². The molecule has 1 aromatic heterocycles. The van der Waals surface area contributed by atoms with Crippen LogP contribution in [0.5, 0.6) is 11.5 Å². The number of hydrogen-bond acceptors (Lipinski definition) is 6. The fourth-order valence-corrected chi connectivity index (χ4v) is 2.28. The second kappa shape index (κ2) is 8.76. The van der Waals surface area contributed by atoms with E-state index in [2.05, 4.69) is 10.3 Å². The summed E-state index contributed by atoms with van der Waals surface area (Å²) >= 11 is 0. The van der Waals surface area contributed by atoms with Crippen molar-refractivity contribution in [2.24, 2.45) is 0 Å². The fourth-order valence-electron chi connectivity index (χ4n) is 2.28. The van der Waals surface area contributed by atoms with Crippen molar-refractivity contribution in [3.63, 3.8) is 0 Å². The average Bonchev–Trinajstić information content (AvgIpc) is 2.62. The van der Waals surface area contributed by atoms with E-state index in [-0.39, 0.29) is 5.97 Å². The molecule has 128 valence electrons. The summed E-state index contributed by atoms with van der Waals surface area (Å²) in [6.07, 6.45) is 2.39. The molecule has 1 heterocycles. The van der Waals surface area contributed by atoms with Crippen LogP contribution in [0.1, 0.15) is 22.8 Å². The Kier molecular flexibility index (Phi) is 6.42. The van der Waals surface area contributed by atoms with Crippen molar-refractivity contribution in [2.45, 2.75) is 13.3 Å². The monoisotopic (exact) mass is 330 g/mol. The summed E-state index contributed by atoms with van der Waals surface area (Å²) in [4.78, 5) is 16.1. The van der Waals surface area contributed by atoms with E-state index in [0.717, 1.165) is 12.0 Å². The third-order valence-electron chi connectivity index (χ3n) is 3.46. The van der Waals surface area contributed by atoms with Crippen molar-refractivity contribution in [1.82, 2.24) is 4.98 Å². The Morgan fingerprint density at radius 1 is 1.17 bits per heavy atom. The van der Waals surface area contributed by atoms with E-state index < -0.39 is 0 Å². The lowest BCUT2D eigenvalue weighted by molar-refractivity contribution is 0.0527. The van der Waals surface area contributed by atoms with Crippen LogP contribution in [0.15, 0.2) is 36.5 Å². The SMILES string of the molecule is CCOC(=O)c1cccnc1NCCc1ccc(OC)c(OC)c1. The quantitative estimate of drug-likeness (QED) is 0.751. The molecule has 6 nitrogen and oxygen atoms in total. The van der Waals surface area contributed by atoms with Crippen molar-refractivity contribution < 1.29 is 19.0 Å². The van der Waals surface area contributed by atoms with E-state index in [1.54, 1.807) is 39.5 Å². The largest absolute Gasteiger partial charge is 0.493 e. The van der Waals surface area contributed by atoms with Gasteiger partial charge >= 0.3 is 5.97 Å². The van der Waals surface area contributed by atoms with Gasteiger partial charge in [-0.1, -0.05) is 6.07 Å². The van der Waals surface area contributed by atoms with E-state index in [0.29, 0.717) is 36.0 Å². The Bertz CT molecular complexity index is 688. The minimum absolute atomic E-state index is 0.332. The summed E-state index contributed by atoms with van der Waals surface area (Å²) in [6, 6.07) is 9.20. The number of pyridine rings is 1. The van der Waals surface area contributed by atoms with Crippen molar-refractivity contribution in [3.8, 4) is 11.5 Å². The van der Waals surface area contributed by atoms with Crippen LogP contribution >= 0.6 is 0 Å². The van der Waals surface area contributed by atoms with E-state index in [1.807, 2.05) is 18.2 Å². The van der Waals surface area contributed by atoms with Gasteiger partial charge in [0, 0.05) is 12.7 Å². The van der Waals surface area contributed by atoms with E-state index in [9.17, 15) is 4.79 Å². The van der Waals surface area contributed by atoms with Crippen LogP contribution < -0.4 is 14.8 Å². The Hall–Kier alpha value is -2.76. The zero-order chi connectivity index (χ0) is 17.4. The number of carbonyl (C=O) groups excluding carboxylic acids is 1. The Labute approximate surface area is 141 Å². The first-order valence-corrected chi connectivity index (χ1v) is 7.76. The molecule has 0 aliphatic heterocycles. The third-order valence-corrected chi connectivity index (χ3v) is 3.46. The molecule has 0 radical (unpaired) electrons. The van der Waals surface area contributed by atoms with Gasteiger partial charge in [0.05, 0.1) is 20.8 Å². The lowest BCUT2D eigenvalue weighted by atomic mass is 10.1. The molecule has 6 heteroatoms. The van der Waals surface area contributed by atoms with E-state index in [4.69, 9.17) is 14.2 Å². The lowest BCUT2D eigenvalue weighted by Gasteiger charge is -2.12. The van der Waals surface area contributed by atoms with Crippen molar-refractivity contribution in [2.75, 3.05) is 32.7 Å². The summed E-state index contributed by atoms with van der Waals surface area (Å²) in [7, 11) is 3.22. The molecular weight excluding hydrogens is 308 g/mol. The molecule has 0 aliphatic rings. The molecule has 0 bridgehead atoms. The highest BCUT2D eigenvalue weighted by atomic mass is 16.5. The molecule has 0 aliphatic carbocycles. The molecule has 1 aromatic carbocycles. The molecule has 2 aromatic rings. The first kappa shape index (κ1) is 17.6. The average molecular weight is 330 g/mol. The molecule has 0 fully saturated rings. The molecule has 0 amide bonds. The Morgan fingerprint density at radius 2 is 1.96 bits per heavy atom. The molecular formula is C18H22N2O4. The van der Waals surface area contributed by atoms with Crippen molar-refractivity contribution >= 4 is 11.8 Å². The number of ether oxygens (including phenoxy) is 3. The maximum Gasteiger partial charge on any atom is 0.341 e. The highest BCUT2D eigenvalue weighted by Gasteiger charge is 2.12. The number of benzene rings is 1. The topological polar surface area (TPSA) is 69.7 Å². The lowest BCUT2D eigenvalue weighted by Crippen LogP contribution is -2.13. The number of anilines is 1.